The van der Waals surface area contributed by atoms with Gasteiger partial charge in [0.25, 0.3) is 11.8 Å². The van der Waals surface area contributed by atoms with E-state index in [9.17, 15) is 14.4 Å². The average molecular weight is 1160 g/mol. The van der Waals surface area contributed by atoms with E-state index < -0.39 is 53.1 Å². The van der Waals surface area contributed by atoms with E-state index in [0.29, 0.717) is 30.5 Å². The van der Waals surface area contributed by atoms with Crippen molar-refractivity contribution in [2.24, 2.45) is 10.8 Å². The number of hydrogen-bond donors (Lipinski definition) is 6. The van der Waals surface area contributed by atoms with Crippen LogP contribution in [0.1, 0.15) is 111 Å². The van der Waals surface area contributed by atoms with Crippen LogP contribution in [0.25, 0.3) is 43.4 Å². The largest absolute Gasteiger partial charge is 0.347 e. The highest BCUT2D eigenvalue weighted by Gasteiger charge is 2.46. The number of rotatable bonds is 19. The molecule has 8 unspecified atom stereocenters. The summed E-state index contributed by atoms with van der Waals surface area (Å²) in [6.07, 6.45) is 0.816. The first-order valence-corrected chi connectivity index (χ1v) is 30.3. The van der Waals surface area contributed by atoms with Crippen molar-refractivity contribution in [3.05, 3.63) is 167 Å². The molecule has 2 aliphatic rings. The Kier molecular flexibility index (Phi) is 18.9. The molecule has 15 nitrogen and oxygen atoms in total. The van der Waals surface area contributed by atoms with Gasteiger partial charge >= 0.3 is 0 Å². The number of amides is 5. The number of aromatic nitrogens is 2. The van der Waals surface area contributed by atoms with Crippen molar-refractivity contribution in [3.8, 4) is 43.4 Å². The molecule has 0 saturated carbocycles. The fourth-order valence-corrected chi connectivity index (χ4v) is 13.2. The minimum Gasteiger partial charge on any atom is -0.347 e. The maximum atomic E-state index is 15.1. The van der Waals surface area contributed by atoms with E-state index in [1.165, 1.54) is 11.3 Å². The number of thiazole rings is 2. The van der Waals surface area contributed by atoms with Gasteiger partial charge in [0, 0.05) is 60.0 Å². The molecule has 434 valence electrons. The van der Waals surface area contributed by atoms with Crippen LogP contribution < -0.4 is 31.9 Å². The van der Waals surface area contributed by atoms with E-state index in [2.05, 4.69) is 96.0 Å². The SMILES string of the molecule is CNC(C)CNC(C(=O)N1CC(NC(=O)c2ccc(C(=O)NC3CC(c4nc(-c5ccccc5)c(-c5ccccc5)s4)N(C(=O)C(NC(=O)C(C)NC)C(C)(C)C)C3)cc2)CC1c1nc(-c2ccccc2)c(-c2ccccc2)s1)C(C)(C)C. The molecule has 0 aliphatic carbocycles. The van der Waals surface area contributed by atoms with Crippen LogP contribution in [0.3, 0.4) is 0 Å². The zero-order valence-electron chi connectivity index (χ0n) is 49.2. The monoisotopic (exact) mass is 1150 g/mol. The Balaban J connectivity index is 0.960. The molecule has 0 bridgehead atoms. The van der Waals surface area contributed by atoms with Gasteiger partial charge in [0.2, 0.25) is 17.7 Å². The number of benzene rings is 5. The molecule has 5 aromatic carbocycles. The summed E-state index contributed by atoms with van der Waals surface area (Å²) in [7, 11) is 3.60. The van der Waals surface area contributed by atoms with Gasteiger partial charge in [-0.1, -0.05) is 163 Å². The predicted octanol–water partition coefficient (Wildman–Crippen LogP) is 10.2. The van der Waals surface area contributed by atoms with Crippen LogP contribution in [0.15, 0.2) is 146 Å². The zero-order valence-corrected chi connectivity index (χ0v) is 50.8. The van der Waals surface area contributed by atoms with E-state index >= 15 is 9.59 Å². The molecule has 4 heterocycles. The van der Waals surface area contributed by atoms with Gasteiger partial charge in [0.1, 0.15) is 16.1 Å². The van der Waals surface area contributed by atoms with Gasteiger partial charge in [0.05, 0.1) is 45.3 Å². The predicted molar refractivity (Wildman–Crippen MR) is 333 cm³/mol. The highest BCUT2D eigenvalue weighted by Crippen LogP contribution is 2.46. The number of nitrogens with one attached hydrogen (secondary N) is 6. The molecule has 2 aliphatic heterocycles. The Bertz CT molecular complexity index is 3250. The van der Waals surface area contributed by atoms with Gasteiger partial charge in [-0.05, 0) is 87.0 Å². The Morgan fingerprint density at radius 3 is 1.27 bits per heavy atom. The lowest BCUT2D eigenvalue weighted by atomic mass is 9.85. The second kappa shape index (κ2) is 26.0. The van der Waals surface area contributed by atoms with Crippen molar-refractivity contribution >= 4 is 52.2 Å². The normalized spacial score (nSPS) is 18.7. The maximum Gasteiger partial charge on any atom is 0.251 e. The molecule has 7 aromatic rings. The number of carbonyl (C=O) groups excluding carboxylic acids is 5. The Labute approximate surface area is 496 Å². The minimum absolute atomic E-state index is 0.0582. The summed E-state index contributed by atoms with van der Waals surface area (Å²) in [5.41, 5.74) is 5.19. The summed E-state index contributed by atoms with van der Waals surface area (Å²) >= 11 is 3.11. The molecule has 83 heavy (non-hydrogen) atoms. The lowest BCUT2D eigenvalue weighted by molar-refractivity contribution is -0.140. The van der Waals surface area contributed by atoms with E-state index in [4.69, 9.17) is 9.97 Å². The molecule has 0 radical (unpaired) electrons. The standard InChI is InChI=1S/C66H78N10O5S2/c1-40(67-9)37-69-56(65(3,4)5)63(80)75-38-48(35-50(75)61-72-52(42-23-15-11-16-24-42)54(82-61)44-27-19-13-20-28-44)70-59(78)46-31-33-47(34-32-46)60(79)71-49-36-51(76(39-49)64(81)57(66(6,7)8)74-58(77)41(2)68-10)62-73-53(43-25-17-12-18-26-43)55(83-62)45-29-21-14-22-30-45/h11-34,40-41,48-51,56-57,67-69H,35-39H2,1-10H3,(H,70,78)(H,71,79)(H,74,77). The van der Waals surface area contributed by atoms with Crippen LogP contribution in [0.2, 0.25) is 0 Å². The van der Waals surface area contributed by atoms with Crippen LogP contribution in [-0.2, 0) is 14.4 Å². The summed E-state index contributed by atoms with van der Waals surface area (Å²) in [6.45, 7) is 16.8. The minimum atomic E-state index is -0.885. The second-order valence-electron chi connectivity index (χ2n) is 24.0. The fraction of sp³-hybridized carbons (Fsp3) is 0.379. The number of carbonyl (C=O) groups is 5. The number of likely N-dealkylation sites (N-methyl/N-ethyl adjacent to an activating group) is 2. The summed E-state index contributed by atoms with van der Waals surface area (Å²) in [6, 6.07) is 43.2. The molecule has 8 atom stereocenters. The summed E-state index contributed by atoms with van der Waals surface area (Å²) in [5.74, 6) is -1.32. The summed E-state index contributed by atoms with van der Waals surface area (Å²) < 4.78 is 0. The molecule has 0 spiro atoms. The lowest BCUT2D eigenvalue weighted by Crippen LogP contribution is -2.57. The first-order valence-electron chi connectivity index (χ1n) is 28.7. The first kappa shape index (κ1) is 60.2. The van der Waals surface area contributed by atoms with Crippen molar-refractivity contribution in [3.63, 3.8) is 0 Å². The van der Waals surface area contributed by atoms with E-state index in [0.717, 1.165) is 53.4 Å². The van der Waals surface area contributed by atoms with Gasteiger partial charge in [0.15, 0.2) is 0 Å². The van der Waals surface area contributed by atoms with Gasteiger partial charge < -0.3 is 41.7 Å². The zero-order chi connectivity index (χ0) is 59.2. The topological polar surface area (TPSA) is 190 Å². The molecular weight excluding hydrogens is 1080 g/mol. The van der Waals surface area contributed by atoms with Crippen LogP contribution in [0.5, 0.6) is 0 Å². The summed E-state index contributed by atoms with van der Waals surface area (Å²) in [4.78, 5) is 88.4. The maximum absolute atomic E-state index is 15.1. The van der Waals surface area contributed by atoms with Crippen molar-refractivity contribution in [1.82, 2.24) is 51.7 Å². The van der Waals surface area contributed by atoms with E-state index in [1.807, 2.05) is 118 Å². The molecular formula is C66H78N10O5S2. The Morgan fingerprint density at radius 2 is 0.904 bits per heavy atom. The van der Waals surface area contributed by atoms with Gasteiger partial charge in [-0.3, -0.25) is 24.0 Å². The smallest absolute Gasteiger partial charge is 0.251 e. The van der Waals surface area contributed by atoms with Crippen LogP contribution in [0.4, 0.5) is 0 Å². The van der Waals surface area contributed by atoms with Crippen LogP contribution >= 0.6 is 22.7 Å². The third kappa shape index (κ3) is 14.0. The van der Waals surface area contributed by atoms with E-state index in [-0.39, 0.29) is 48.7 Å². The number of likely N-dealkylation sites (tertiary alicyclic amines) is 2. The van der Waals surface area contributed by atoms with Crippen molar-refractivity contribution in [1.29, 1.82) is 0 Å². The third-order valence-corrected chi connectivity index (χ3v) is 18.1. The molecule has 9 rings (SSSR count). The van der Waals surface area contributed by atoms with Gasteiger partial charge in [-0.15, -0.1) is 22.7 Å². The second-order valence-corrected chi connectivity index (χ2v) is 26.1. The first-order chi connectivity index (χ1) is 39.7. The highest BCUT2D eigenvalue weighted by molar-refractivity contribution is 7.16. The van der Waals surface area contributed by atoms with Crippen molar-refractivity contribution < 1.29 is 24.0 Å². The van der Waals surface area contributed by atoms with Gasteiger partial charge in [-0.25, -0.2) is 9.97 Å². The Hall–Kier alpha value is -7.41. The van der Waals surface area contributed by atoms with Crippen molar-refractivity contribution in [2.45, 2.75) is 117 Å². The Morgan fingerprint density at radius 1 is 0.530 bits per heavy atom. The lowest BCUT2D eigenvalue weighted by Gasteiger charge is -2.36. The molecule has 2 aromatic heterocycles. The molecule has 2 fully saturated rings. The molecule has 6 N–H and O–H groups in total. The highest BCUT2D eigenvalue weighted by atomic mass is 32.1. The number of hydrogen-bond acceptors (Lipinski definition) is 12. The molecule has 2 saturated heterocycles. The molecule has 5 amide bonds. The summed E-state index contributed by atoms with van der Waals surface area (Å²) in [5, 5.41) is 20.8. The molecule has 17 heteroatoms. The van der Waals surface area contributed by atoms with Crippen molar-refractivity contribution in [2.75, 3.05) is 33.7 Å². The number of nitrogens with zero attached hydrogens (tertiary/aromatic N) is 4. The van der Waals surface area contributed by atoms with Gasteiger partial charge in [-0.2, -0.15) is 0 Å². The average Bonchev–Trinajstić information content (AvgIpc) is 3.59. The van der Waals surface area contributed by atoms with E-state index in [1.54, 1.807) is 54.5 Å². The third-order valence-electron chi connectivity index (χ3n) is 15.7. The van der Waals surface area contributed by atoms with Crippen LogP contribution in [-0.4, -0.2) is 119 Å². The van der Waals surface area contributed by atoms with Crippen LogP contribution in [0, 0.1) is 10.8 Å². The fourth-order valence-electron chi connectivity index (χ4n) is 10.8. The quantitative estimate of drug-likeness (QED) is 0.0455.